The number of carbonyl (C=O) groups excluding carboxylic acids is 1. The average Bonchev–Trinajstić information content (AvgIpc) is 2.83. The Balaban J connectivity index is 1.50. The highest BCUT2D eigenvalue weighted by atomic mass is 16.5. The van der Waals surface area contributed by atoms with Crippen molar-refractivity contribution in [1.82, 2.24) is 0 Å². The molecule has 182 valence electrons. The Morgan fingerprint density at radius 3 is 1.79 bits per heavy atom. The summed E-state index contributed by atoms with van der Waals surface area (Å²) in [5, 5.41) is 12.0. The molecule has 0 saturated carbocycles. The van der Waals surface area contributed by atoms with E-state index in [2.05, 4.69) is 12.2 Å². The molecule has 4 heteroatoms. The SMILES string of the molecule is CCCCCCCCCCCCCCOc1ccc(CC(=O)Nc2ccc(CO)cc2)cc1. The van der Waals surface area contributed by atoms with Crippen molar-refractivity contribution in [2.45, 2.75) is 97.0 Å². The van der Waals surface area contributed by atoms with Crippen LogP contribution in [-0.2, 0) is 17.8 Å². The number of hydrogen-bond donors (Lipinski definition) is 2. The first-order valence-electron chi connectivity index (χ1n) is 12.9. The molecule has 0 unspecified atom stereocenters. The van der Waals surface area contributed by atoms with Gasteiger partial charge in [0.2, 0.25) is 5.91 Å². The molecule has 33 heavy (non-hydrogen) atoms. The van der Waals surface area contributed by atoms with Gasteiger partial charge < -0.3 is 15.2 Å². The molecule has 0 radical (unpaired) electrons. The molecule has 0 spiro atoms. The number of rotatable bonds is 18. The monoisotopic (exact) mass is 453 g/mol. The molecule has 0 atom stereocenters. The van der Waals surface area contributed by atoms with E-state index in [1.165, 1.54) is 70.6 Å². The molecule has 0 aromatic heterocycles. The molecule has 1 amide bonds. The van der Waals surface area contributed by atoms with Gasteiger partial charge in [-0.1, -0.05) is 102 Å². The number of amides is 1. The molecule has 0 aliphatic heterocycles. The summed E-state index contributed by atoms with van der Waals surface area (Å²) in [4.78, 5) is 12.2. The van der Waals surface area contributed by atoms with E-state index in [1.54, 1.807) is 24.3 Å². The molecule has 2 aromatic carbocycles. The minimum absolute atomic E-state index is 0.00194. The van der Waals surface area contributed by atoms with Crippen molar-refractivity contribution in [1.29, 1.82) is 0 Å². The molecule has 2 N–H and O–H groups in total. The summed E-state index contributed by atoms with van der Waals surface area (Å²) < 4.78 is 5.85. The number of hydrogen-bond acceptors (Lipinski definition) is 3. The van der Waals surface area contributed by atoms with E-state index in [4.69, 9.17) is 9.84 Å². The third kappa shape index (κ3) is 12.5. The van der Waals surface area contributed by atoms with Crippen LogP contribution in [0, 0.1) is 0 Å². The highest BCUT2D eigenvalue weighted by Gasteiger charge is 2.05. The van der Waals surface area contributed by atoms with E-state index in [-0.39, 0.29) is 12.5 Å². The fraction of sp³-hybridized carbons (Fsp3) is 0.552. The van der Waals surface area contributed by atoms with Crippen LogP contribution >= 0.6 is 0 Å². The van der Waals surface area contributed by atoms with Crippen molar-refractivity contribution in [2.75, 3.05) is 11.9 Å². The van der Waals surface area contributed by atoms with Crippen molar-refractivity contribution in [2.24, 2.45) is 0 Å². The zero-order valence-corrected chi connectivity index (χ0v) is 20.5. The second kappa shape index (κ2) is 17.2. The molecule has 2 rings (SSSR count). The maximum atomic E-state index is 12.2. The largest absolute Gasteiger partial charge is 0.494 e. The molecule has 0 bridgehead atoms. The lowest BCUT2D eigenvalue weighted by molar-refractivity contribution is -0.115. The average molecular weight is 454 g/mol. The number of anilines is 1. The number of ether oxygens (including phenoxy) is 1. The van der Waals surface area contributed by atoms with E-state index >= 15 is 0 Å². The maximum absolute atomic E-state index is 12.2. The Labute approximate surface area is 200 Å². The van der Waals surface area contributed by atoms with Crippen LogP contribution in [0.25, 0.3) is 0 Å². The molecule has 0 fully saturated rings. The minimum Gasteiger partial charge on any atom is -0.494 e. The van der Waals surface area contributed by atoms with Gasteiger partial charge in [0.25, 0.3) is 0 Å². The van der Waals surface area contributed by atoms with Crippen molar-refractivity contribution >= 4 is 11.6 Å². The lowest BCUT2D eigenvalue weighted by Gasteiger charge is -2.08. The molecule has 0 heterocycles. The third-order valence-corrected chi connectivity index (χ3v) is 5.97. The Kier molecular flexibility index (Phi) is 14.0. The summed E-state index contributed by atoms with van der Waals surface area (Å²) in [6.07, 6.45) is 16.4. The van der Waals surface area contributed by atoms with Crippen LogP contribution in [0.3, 0.4) is 0 Å². The molecule has 0 aliphatic carbocycles. The molecule has 0 saturated heterocycles. The molecule has 0 aliphatic rings. The lowest BCUT2D eigenvalue weighted by atomic mass is 10.1. The van der Waals surface area contributed by atoms with Gasteiger partial charge in [0, 0.05) is 5.69 Å². The molecular formula is C29H43NO3. The van der Waals surface area contributed by atoms with Crippen LogP contribution < -0.4 is 10.1 Å². The van der Waals surface area contributed by atoms with Crippen LogP contribution in [0.15, 0.2) is 48.5 Å². The first-order valence-corrected chi connectivity index (χ1v) is 12.9. The van der Waals surface area contributed by atoms with E-state index in [0.29, 0.717) is 6.42 Å². The van der Waals surface area contributed by atoms with Gasteiger partial charge in [0.1, 0.15) is 5.75 Å². The predicted molar refractivity (Wildman–Crippen MR) is 138 cm³/mol. The van der Waals surface area contributed by atoms with Gasteiger partial charge in [-0.05, 0) is 41.8 Å². The molecular weight excluding hydrogens is 410 g/mol. The summed E-state index contributed by atoms with van der Waals surface area (Å²) in [7, 11) is 0. The number of unbranched alkanes of at least 4 members (excludes halogenated alkanes) is 11. The fourth-order valence-corrected chi connectivity index (χ4v) is 3.92. The predicted octanol–water partition coefficient (Wildman–Crippen LogP) is 7.44. The summed E-state index contributed by atoms with van der Waals surface area (Å²) in [5.74, 6) is 0.804. The number of aliphatic hydroxyl groups excluding tert-OH is 1. The van der Waals surface area contributed by atoms with Gasteiger partial charge in [-0.15, -0.1) is 0 Å². The van der Waals surface area contributed by atoms with Crippen LogP contribution in [-0.4, -0.2) is 17.6 Å². The van der Waals surface area contributed by atoms with E-state index in [0.717, 1.165) is 35.6 Å². The van der Waals surface area contributed by atoms with E-state index in [1.807, 2.05) is 24.3 Å². The van der Waals surface area contributed by atoms with Crippen molar-refractivity contribution < 1.29 is 14.6 Å². The fourth-order valence-electron chi connectivity index (χ4n) is 3.92. The second-order valence-corrected chi connectivity index (χ2v) is 8.96. The zero-order chi connectivity index (χ0) is 23.6. The first kappa shape index (κ1) is 26.9. The number of aliphatic hydroxyl groups is 1. The highest BCUT2D eigenvalue weighted by Crippen LogP contribution is 2.16. The van der Waals surface area contributed by atoms with Crippen LogP contribution in [0.4, 0.5) is 5.69 Å². The van der Waals surface area contributed by atoms with Gasteiger partial charge in [-0.2, -0.15) is 0 Å². The van der Waals surface area contributed by atoms with Crippen molar-refractivity contribution in [3.63, 3.8) is 0 Å². The Morgan fingerprint density at radius 2 is 1.24 bits per heavy atom. The Morgan fingerprint density at radius 1 is 0.727 bits per heavy atom. The summed E-state index contributed by atoms with van der Waals surface area (Å²) in [6.45, 7) is 3.02. The summed E-state index contributed by atoms with van der Waals surface area (Å²) in [6, 6.07) is 15.0. The quantitative estimate of drug-likeness (QED) is 0.231. The normalized spacial score (nSPS) is 10.8. The first-order chi connectivity index (χ1) is 16.2. The minimum atomic E-state index is -0.0584. The van der Waals surface area contributed by atoms with Crippen molar-refractivity contribution in [3.8, 4) is 5.75 Å². The second-order valence-electron chi connectivity index (χ2n) is 8.96. The number of benzene rings is 2. The standard InChI is InChI=1S/C29H43NO3/c1-2-3-4-5-6-7-8-9-10-11-12-13-22-33-28-20-16-25(17-21-28)23-29(32)30-27-18-14-26(24-31)15-19-27/h14-21,31H,2-13,22-24H2,1H3,(H,30,32). The van der Waals surface area contributed by atoms with Gasteiger partial charge in [0.05, 0.1) is 19.6 Å². The Hall–Kier alpha value is -2.33. The van der Waals surface area contributed by atoms with E-state index in [9.17, 15) is 4.79 Å². The summed E-state index contributed by atoms with van der Waals surface area (Å²) >= 11 is 0. The summed E-state index contributed by atoms with van der Waals surface area (Å²) in [5.41, 5.74) is 2.52. The van der Waals surface area contributed by atoms with Gasteiger partial charge in [-0.3, -0.25) is 4.79 Å². The molecule has 4 nitrogen and oxygen atoms in total. The van der Waals surface area contributed by atoms with Crippen LogP contribution in [0.5, 0.6) is 5.75 Å². The van der Waals surface area contributed by atoms with Gasteiger partial charge >= 0.3 is 0 Å². The smallest absolute Gasteiger partial charge is 0.228 e. The van der Waals surface area contributed by atoms with Crippen LogP contribution in [0.1, 0.15) is 95.1 Å². The van der Waals surface area contributed by atoms with Gasteiger partial charge in [0.15, 0.2) is 0 Å². The topological polar surface area (TPSA) is 58.6 Å². The zero-order valence-electron chi connectivity index (χ0n) is 20.5. The molecule has 2 aromatic rings. The third-order valence-electron chi connectivity index (χ3n) is 5.97. The number of nitrogens with one attached hydrogen (secondary N) is 1. The highest BCUT2D eigenvalue weighted by molar-refractivity contribution is 5.92. The number of carbonyl (C=O) groups is 1. The lowest BCUT2D eigenvalue weighted by Crippen LogP contribution is -2.14. The van der Waals surface area contributed by atoms with Crippen LogP contribution in [0.2, 0.25) is 0 Å². The van der Waals surface area contributed by atoms with Crippen molar-refractivity contribution in [3.05, 3.63) is 59.7 Å². The maximum Gasteiger partial charge on any atom is 0.228 e. The Bertz CT molecular complexity index is 755. The van der Waals surface area contributed by atoms with Gasteiger partial charge in [-0.25, -0.2) is 0 Å². The van der Waals surface area contributed by atoms with E-state index < -0.39 is 0 Å².